The molecule has 0 saturated heterocycles. The molecule has 1 aromatic heterocycles. The molecule has 0 aliphatic rings. The van der Waals surface area contributed by atoms with Gasteiger partial charge in [-0.3, -0.25) is 4.79 Å². The van der Waals surface area contributed by atoms with Crippen LogP contribution in [0.5, 0.6) is 0 Å². The summed E-state index contributed by atoms with van der Waals surface area (Å²) in [4.78, 5) is 24.0. The number of fused-ring (bicyclic) bond motifs is 1. The summed E-state index contributed by atoms with van der Waals surface area (Å²) >= 11 is 1.05. The van der Waals surface area contributed by atoms with Crippen molar-refractivity contribution in [2.45, 2.75) is 18.4 Å². The van der Waals surface area contributed by atoms with Crippen molar-refractivity contribution < 1.29 is 27.5 Å². The van der Waals surface area contributed by atoms with Crippen molar-refractivity contribution in [2.75, 3.05) is 13.7 Å². The van der Waals surface area contributed by atoms with Crippen molar-refractivity contribution in [1.82, 2.24) is 4.57 Å². The van der Waals surface area contributed by atoms with Crippen LogP contribution in [0.25, 0.3) is 10.2 Å². The predicted octanol–water partition coefficient (Wildman–Crippen LogP) is 2.34. The number of hydrogen-bond donors (Lipinski definition) is 0. The fourth-order valence-corrected chi connectivity index (χ4v) is 4.92. The third kappa shape index (κ3) is 4.54. The van der Waals surface area contributed by atoms with Gasteiger partial charge >= 0.3 is 11.9 Å². The first-order valence-corrected chi connectivity index (χ1v) is 10.8. The second kappa shape index (κ2) is 8.58. The molecule has 0 spiro atoms. The van der Waals surface area contributed by atoms with E-state index in [2.05, 4.69) is 4.40 Å². The molecule has 3 aromatic rings. The Balaban J connectivity index is 2.21. The van der Waals surface area contributed by atoms with E-state index in [1.54, 1.807) is 37.3 Å². The highest BCUT2D eigenvalue weighted by Gasteiger charge is 2.17. The lowest BCUT2D eigenvalue weighted by Crippen LogP contribution is -2.23. The number of nitrogens with zero attached hydrogens (tertiary/aromatic N) is 2. The molecular formula is C19H18N2O6S2. The standard InChI is InChI=1S/C19H18N2O6S2/c1-3-27-17(22)12-21-15-10-9-13(18(23)26-2)11-16(15)28-19(21)20-29(24,25)14-7-5-4-6-8-14/h4-11H,3,12H2,1-2H3/b20-19-. The number of aromatic nitrogens is 1. The van der Waals surface area contributed by atoms with Crippen LogP contribution in [0.15, 0.2) is 57.8 Å². The van der Waals surface area contributed by atoms with Gasteiger partial charge in [0.2, 0.25) is 4.80 Å². The molecule has 8 nitrogen and oxygen atoms in total. The average molecular weight is 434 g/mol. The third-order valence-corrected chi connectivity index (χ3v) is 6.37. The van der Waals surface area contributed by atoms with E-state index in [1.807, 2.05) is 0 Å². The molecule has 0 unspecified atom stereocenters. The molecule has 0 amide bonds. The van der Waals surface area contributed by atoms with E-state index < -0.39 is 22.0 Å². The van der Waals surface area contributed by atoms with E-state index >= 15 is 0 Å². The van der Waals surface area contributed by atoms with Crippen LogP contribution in [-0.2, 0) is 30.8 Å². The zero-order valence-electron chi connectivity index (χ0n) is 15.7. The van der Waals surface area contributed by atoms with Gasteiger partial charge in [-0.15, -0.1) is 4.40 Å². The van der Waals surface area contributed by atoms with Crippen molar-refractivity contribution in [3.63, 3.8) is 0 Å². The van der Waals surface area contributed by atoms with Crippen LogP contribution < -0.4 is 4.80 Å². The van der Waals surface area contributed by atoms with Crippen molar-refractivity contribution in [2.24, 2.45) is 4.40 Å². The van der Waals surface area contributed by atoms with Crippen LogP contribution in [0.1, 0.15) is 17.3 Å². The van der Waals surface area contributed by atoms with Crippen LogP contribution in [0.4, 0.5) is 0 Å². The Kier molecular flexibility index (Phi) is 6.14. The highest BCUT2D eigenvalue weighted by molar-refractivity contribution is 7.90. The Labute approximate surface area is 171 Å². The predicted molar refractivity (Wildman–Crippen MR) is 107 cm³/mol. The van der Waals surface area contributed by atoms with E-state index in [1.165, 1.54) is 29.9 Å². The monoisotopic (exact) mass is 434 g/mol. The second-order valence-corrected chi connectivity index (χ2v) is 8.44. The minimum atomic E-state index is -3.99. The summed E-state index contributed by atoms with van der Waals surface area (Å²) in [6.45, 7) is 1.67. The largest absolute Gasteiger partial charge is 0.465 e. The first-order valence-electron chi connectivity index (χ1n) is 8.59. The maximum Gasteiger partial charge on any atom is 0.337 e. The molecule has 10 heteroatoms. The Morgan fingerprint density at radius 1 is 1.14 bits per heavy atom. The Bertz CT molecular complexity index is 1230. The van der Waals surface area contributed by atoms with Crippen LogP contribution in [0.3, 0.4) is 0 Å². The molecule has 0 atom stereocenters. The molecule has 3 rings (SSSR count). The Morgan fingerprint density at radius 2 is 1.86 bits per heavy atom. The second-order valence-electron chi connectivity index (χ2n) is 5.83. The zero-order valence-corrected chi connectivity index (χ0v) is 17.3. The lowest BCUT2D eigenvalue weighted by Gasteiger charge is -2.06. The molecule has 1 heterocycles. The van der Waals surface area contributed by atoms with Gasteiger partial charge in [0.1, 0.15) is 6.54 Å². The highest BCUT2D eigenvalue weighted by atomic mass is 32.2. The molecule has 0 fully saturated rings. The molecule has 0 N–H and O–H groups in total. The number of carbonyl (C=O) groups excluding carboxylic acids is 2. The van der Waals surface area contributed by atoms with Crippen molar-refractivity contribution in [1.29, 1.82) is 0 Å². The zero-order chi connectivity index (χ0) is 21.0. The first kappa shape index (κ1) is 20.7. The van der Waals surface area contributed by atoms with Gasteiger partial charge in [0, 0.05) is 0 Å². The minimum absolute atomic E-state index is 0.0374. The van der Waals surface area contributed by atoms with Gasteiger partial charge in [-0.1, -0.05) is 29.5 Å². The average Bonchev–Trinajstić information content (AvgIpc) is 3.03. The lowest BCUT2D eigenvalue weighted by molar-refractivity contribution is -0.143. The Hall–Kier alpha value is -2.98. The maximum absolute atomic E-state index is 12.7. The van der Waals surface area contributed by atoms with E-state index in [9.17, 15) is 18.0 Å². The van der Waals surface area contributed by atoms with Gasteiger partial charge in [-0.25, -0.2) is 4.79 Å². The van der Waals surface area contributed by atoms with Crippen LogP contribution in [0.2, 0.25) is 0 Å². The molecule has 0 bridgehead atoms. The number of hydrogen-bond acceptors (Lipinski definition) is 7. The smallest absolute Gasteiger partial charge is 0.337 e. The third-order valence-electron chi connectivity index (χ3n) is 3.94. The first-order chi connectivity index (χ1) is 13.9. The highest BCUT2D eigenvalue weighted by Crippen LogP contribution is 2.21. The van der Waals surface area contributed by atoms with E-state index in [4.69, 9.17) is 9.47 Å². The van der Waals surface area contributed by atoms with Crippen LogP contribution in [0, 0.1) is 0 Å². The van der Waals surface area contributed by atoms with E-state index in [0.29, 0.717) is 15.8 Å². The number of sulfonamides is 1. The van der Waals surface area contributed by atoms with Crippen molar-refractivity contribution in [3.05, 3.63) is 58.9 Å². The van der Waals surface area contributed by atoms with Crippen molar-refractivity contribution in [3.8, 4) is 0 Å². The fourth-order valence-electron chi connectivity index (χ4n) is 2.62. The summed E-state index contributed by atoms with van der Waals surface area (Å²) in [6, 6.07) is 12.5. The van der Waals surface area contributed by atoms with Crippen LogP contribution in [-0.4, -0.2) is 38.6 Å². The van der Waals surface area contributed by atoms with Gasteiger partial charge in [0.25, 0.3) is 10.0 Å². The topological polar surface area (TPSA) is 104 Å². The lowest BCUT2D eigenvalue weighted by atomic mass is 10.2. The summed E-state index contributed by atoms with van der Waals surface area (Å²) in [7, 11) is -2.72. The summed E-state index contributed by atoms with van der Waals surface area (Å²) in [6.07, 6.45) is 0. The van der Waals surface area contributed by atoms with Gasteiger partial charge in [0.15, 0.2) is 0 Å². The number of thiazole rings is 1. The molecular weight excluding hydrogens is 416 g/mol. The van der Waals surface area contributed by atoms with Crippen molar-refractivity contribution >= 4 is 43.5 Å². The number of carbonyl (C=O) groups is 2. The quantitative estimate of drug-likeness (QED) is 0.552. The number of rotatable bonds is 6. The van der Waals surface area contributed by atoms with E-state index in [-0.39, 0.29) is 22.8 Å². The van der Waals surface area contributed by atoms with Gasteiger partial charge in [0.05, 0.1) is 34.4 Å². The van der Waals surface area contributed by atoms with Gasteiger partial charge in [-0.2, -0.15) is 8.42 Å². The summed E-state index contributed by atoms with van der Waals surface area (Å²) in [5.74, 6) is -1.05. The number of esters is 2. The number of methoxy groups -OCH3 is 1. The van der Waals surface area contributed by atoms with Crippen LogP contribution >= 0.6 is 11.3 Å². The minimum Gasteiger partial charge on any atom is -0.465 e. The molecule has 0 aliphatic heterocycles. The molecule has 29 heavy (non-hydrogen) atoms. The summed E-state index contributed by atoms with van der Waals surface area (Å²) in [5.41, 5.74) is 0.861. The normalized spacial score (nSPS) is 12.1. The van der Waals surface area contributed by atoms with Gasteiger partial charge in [-0.05, 0) is 37.3 Å². The molecule has 0 radical (unpaired) electrons. The molecule has 0 saturated carbocycles. The Morgan fingerprint density at radius 3 is 2.52 bits per heavy atom. The van der Waals surface area contributed by atoms with Gasteiger partial charge < -0.3 is 14.0 Å². The number of benzene rings is 2. The SMILES string of the molecule is CCOC(=O)Cn1/c(=N/S(=O)(=O)c2ccccc2)sc2cc(C(=O)OC)ccc21. The molecule has 0 aliphatic carbocycles. The number of ether oxygens (including phenoxy) is 2. The molecule has 152 valence electrons. The maximum atomic E-state index is 12.7. The summed E-state index contributed by atoms with van der Waals surface area (Å²) < 4.78 is 41.1. The fraction of sp³-hybridized carbons (Fsp3) is 0.211. The molecule has 2 aromatic carbocycles. The van der Waals surface area contributed by atoms with E-state index in [0.717, 1.165) is 11.3 Å². The summed E-state index contributed by atoms with van der Waals surface area (Å²) in [5, 5.41) is 0.